The fraction of sp³-hybridized carbons (Fsp3) is 1.00. The van der Waals surface area contributed by atoms with Crippen molar-refractivity contribution >= 4 is 7.82 Å². The molecule has 0 aromatic carbocycles. The molecule has 0 N–H and O–H groups in total. The molecule has 0 aromatic rings. The second-order valence-corrected chi connectivity index (χ2v) is 4.02. The molecule has 1 fully saturated rings. The molecule has 1 aliphatic heterocycles. The molecule has 0 spiro atoms. The maximum Gasteiger partial charge on any atom is 0.475 e. The minimum absolute atomic E-state index is 0.0267. The highest BCUT2D eigenvalue weighted by Crippen LogP contribution is 2.53. The van der Waals surface area contributed by atoms with Gasteiger partial charge in [0.25, 0.3) is 0 Å². The molecule has 0 aromatic heterocycles. The Morgan fingerprint density at radius 3 is 3.00 bits per heavy atom. The lowest BCUT2D eigenvalue weighted by Gasteiger charge is -2.25. The van der Waals surface area contributed by atoms with Gasteiger partial charge in [0, 0.05) is 0 Å². The molecule has 11 heavy (non-hydrogen) atoms. The Balaban J connectivity index is 2.49. The molecule has 1 aliphatic rings. The Kier molecular flexibility index (Phi) is 3.07. The van der Waals surface area contributed by atoms with Gasteiger partial charge in [-0.25, -0.2) is 4.57 Å². The number of hydrogen-bond donors (Lipinski definition) is 0. The van der Waals surface area contributed by atoms with E-state index in [9.17, 15) is 4.57 Å². The van der Waals surface area contributed by atoms with Crippen molar-refractivity contribution in [1.82, 2.24) is 0 Å². The monoisotopic (exact) mass is 180 g/mol. The van der Waals surface area contributed by atoms with Crippen molar-refractivity contribution in [3.8, 4) is 0 Å². The van der Waals surface area contributed by atoms with E-state index >= 15 is 0 Å². The van der Waals surface area contributed by atoms with Crippen molar-refractivity contribution in [3.05, 3.63) is 0 Å². The minimum Gasteiger partial charge on any atom is -0.287 e. The summed E-state index contributed by atoms with van der Waals surface area (Å²) in [5.41, 5.74) is 0. The van der Waals surface area contributed by atoms with Gasteiger partial charge >= 0.3 is 7.82 Å². The van der Waals surface area contributed by atoms with Crippen LogP contribution in [0.1, 0.15) is 20.3 Å². The van der Waals surface area contributed by atoms with Crippen molar-refractivity contribution in [2.24, 2.45) is 0 Å². The normalized spacial score (nSPS) is 38.9. The van der Waals surface area contributed by atoms with E-state index in [-0.39, 0.29) is 6.10 Å². The van der Waals surface area contributed by atoms with Crippen LogP contribution in [0.3, 0.4) is 0 Å². The number of phosphoric ester groups is 1. The van der Waals surface area contributed by atoms with Crippen molar-refractivity contribution < 1.29 is 18.1 Å². The SMILES string of the molecule is CCOP1(=O)OCCC(C)O1. The van der Waals surface area contributed by atoms with Crippen LogP contribution in [-0.2, 0) is 18.1 Å². The van der Waals surface area contributed by atoms with Crippen LogP contribution in [0.25, 0.3) is 0 Å². The van der Waals surface area contributed by atoms with Crippen LogP contribution in [0.15, 0.2) is 0 Å². The van der Waals surface area contributed by atoms with E-state index in [1.807, 2.05) is 6.92 Å². The zero-order valence-corrected chi connectivity index (χ0v) is 7.67. The van der Waals surface area contributed by atoms with E-state index in [4.69, 9.17) is 13.6 Å². The minimum atomic E-state index is -3.17. The maximum absolute atomic E-state index is 11.4. The average molecular weight is 180 g/mol. The molecule has 66 valence electrons. The molecular formula is C6H13O4P. The van der Waals surface area contributed by atoms with Gasteiger partial charge in [-0.2, -0.15) is 0 Å². The van der Waals surface area contributed by atoms with Gasteiger partial charge in [0.1, 0.15) is 0 Å². The van der Waals surface area contributed by atoms with E-state index in [0.717, 1.165) is 6.42 Å². The van der Waals surface area contributed by atoms with E-state index < -0.39 is 7.82 Å². The van der Waals surface area contributed by atoms with Gasteiger partial charge < -0.3 is 0 Å². The van der Waals surface area contributed by atoms with Crippen LogP contribution in [0, 0.1) is 0 Å². The first-order valence-corrected chi connectivity index (χ1v) is 5.20. The highest BCUT2D eigenvalue weighted by molar-refractivity contribution is 7.48. The molecule has 1 heterocycles. The fourth-order valence-electron chi connectivity index (χ4n) is 0.860. The molecule has 2 atom stereocenters. The summed E-state index contributed by atoms with van der Waals surface area (Å²) in [4.78, 5) is 0. The molecule has 0 radical (unpaired) electrons. The Bertz CT molecular complexity index is 164. The smallest absolute Gasteiger partial charge is 0.287 e. The van der Waals surface area contributed by atoms with Crippen molar-refractivity contribution in [3.63, 3.8) is 0 Å². The zero-order valence-electron chi connectivity index (χ0n) is 6.78. The van der Waals surface area contributed by atoms with Crippen molar-refractivity contribution in [2.75, 3.05) is 13.2 Å². The van der Waals surface area contributed by atoms with Gasteiger partial charge in [0.2, 0.25) is 0 Å². The summed E-state index contributed by atoms with van der Waals surface area (Å²) in [6.45, 7) is 4.42. The van der Waals surface area contributed by atoms with Gasteiger partial charge in [-0.3, -0.25) is 13.6 Å². The fourth-order valence-corrected chi connectivity index (χ4v) is 2.25. The summed E-state index contributed by atoms with van der Waals surface area (Å²) in [6.07, 6.45) is 0.748. The quantitative estimate of drug-likeness (QED) is 0.609. The van der Waals surface area contributed by atoms with Gasteiger partial charge in [-0.1, -0.05) is 0 Å². The summed E-state index contributed by atoms with van der Waals surface area (Å²) in [6, 6.07) is 0. The van der Waals surface area contributed by atoms with Crippen LogP contribution < -0.4 is 0 Å². The lowest BCUT2D eigenvalue weighted by atomic mass is 10.3. The molecule has 0 amide bonds. The molecule has 0 saturated carbocycles. The Morgan fingerprint density at radius 1 is 1.73 bits per heavy atom. The van der Waals surface area contributed by atoms with E-state index in [1.54, 1.807) is 6.92 Å². The first-order valence-electron chi connectivity index (χ1n) is 3.74. The molecule has 0 aliphatic carbocycles. The first-order chi connectivity index (χ1) is 5.16. The zero-order chi connectivity index (χ0) is 8.32. The number of rotatable bonds is 2. The second-order valence-electron chi connectivity index (χ2n) is 2.40. The number of phosphoric acid groups is 1. The molecule has 5 heteroatoms. The van der Waals surface area contributed by atoms with E-state index in [1.165, 1.54) is 0 Å². The summed E-state index contributed by atoms with van der Waals surface area (Å²) < 4.78 is 26.1. The van der Waals surface area contributed by atoms with Gasteiger partial charge in [0.15, 0.2) is 0 Å². The van der Waals surface area contributed by atoms with Crippen LogP contribution in [0.2, 0.25) is 0 Å². The molecule has 0 bridgehead atoms. The first kappa shape index (κ1) is 9.20. The van der Waals surface area contributed by atoms with Crippen LogP contribution in [0.5, 0.6) is 0 Å². The largest absolute Gasteiger partial charge is 0.475 e. The van der Waals surface area contributed by atoms with E-state index in [2.05, 4.69) is 0 Å². The molecule has 2 unspecified atom stereocenters. The lowest BCUT2D eigenvalue weighted by molar-refractivity contribution is 0.0391. The highest BCUT2D eigenvalue weighted by atomic mass is 31.2. The molecule has 1 rings (SSSR count). The predicted octanol–water partition coefficient (Wildman–Crippen LogP) is 1.96. The Hall–Kier alpha value is 0.110. The lowest BCUT2D eigenvalue weighted by Crippen LogP contribution is -2.18. The van der Waals surface area contributed by atoms with Crippen LogP contribution in [-0.4, -0.2) is 19.3 Å². The summed E-state index contributed by atoms with van der Waals surface area (Å²) in [7, 11) is -3.17. The highest BCUT2D eigenvalue weighted by Gasteiger charge is 2.32. The second kappa shape index (κ2) is 3.68. The Morgan fingerprint density at radius 2 is 2.45 bits per heavy atom. The maximum atomic E-state index is 11.4. The van der Waals surface area contributed by atoms with Crippen molar-refractivity contribution in [2.45, 2.75) is 26.4 Å². The third-order valence-electron chi connectivity index (χ3n) is 1.37. The summed E-state index contributed by atoms with van der Waals surface area (Å²) in [5.74, 6) is 0. The van der Waals surface area contributed by atoms with Crippen LogP contribution >= 0.6 is 7.82 Å². The average Bonchev–Trinajstić information content (AvgIpc) is 1.86. The van der Waals surface area contributed by atoms with Gasteiger partial charge in [-0.15, -0.1) is 0 Å². The molecular weight excluding hydrogens is 167 g/mol. The summed E-state index contributed by atoms with van der Waals surface area (Å²) >= 11 is 0. The van der Waals surface area contributed by atoms with Gasteiger partial charge in [0.05, 0.1) is 19.3 Å². The van der Waals surface area contributed by atoms with E-state index in [0.29, 0.717) is 13.2 Å². The standard InChI is InChI=1S/C6H13O4P/c1-3-8-11(7)9-5-4-6(2)10-11/h6H,3-5H2,1-2H3. The topological polar surface area (TPSA) is 44.8 Å². The third kappa shape index (κ3) is 2.56. The third-order valence-corrected chi connectivity index (χ3v) is 3.06. The molecule has 1 saturated heterocycles. The van der Waals surface area contributed by atoms with Gasteiger partial charge in [-0.05, 0) is 20.3 Å². The van der Waals surface area contributed by atoms with Crippen molar-refractivity contribution in [1.29, 1.82) is 0 Å². The predicted molar refractivity (Wildman–Crippen MR) is 40.3 cm³/mol. The summed E-state index contributed by atoms with van der Waals surface area (Å²) in [5, 5.41) is 0. The van der Waals surface area contributed by atoms with Crippen LogP contribution in [0.4, 0.5) is 0 Å². The molecule has 4 nitrogen and oxygen atoms in total. The number of hydrogen-bond acceptors (Lipinski definition) is 4. The Labute approximate surface area is 66.4 Å².